The average molecular weight is 217 g/mol. The summed E-state index contributed by atoms with van der Waals surface area (Å²) >= 11 is 9.58. The van der Waals surface area contributed by atoms with Crippen LogP contribution in [0, 0.1) is 0 Å². The Balaban J connectivity index is 2.66. The van der Waals surface area contributed by atoms with E-state index >= 15 is 0 Å². The second kappa shape index (κ2) is 5.09. The third-order valence-electron chi connectivity index (χ3n) is 1.35. The van der Waals surface area contributed by atoms with Gasteiger partial charge in [-0.05, 0) is 12.1 Å². The highest BCUT2D eigenvalue weighted by molar-refractivity contribution is 7.80. The quantitative estimate of drug-likeness (QED) is 0.593. The van der Waals surface area contributed by atoms with E-state index in [0.29, 0.717) is 23.1 Å². The number of aromatic nitrogens is 1. The number of thiol groups is 1. The van der Waals surface area contributed by atoms with Gasteiger partial charge in [0.25, 0.3) is 5.91 Å². The summed E-state index contributed by atoms with van der Waals surface area (Å²) in [5.74, 6) is 0.378. The Morgan fingerprint density at radius 3 is 3.00 bits per heavy atom. The normalized spacial score (nSPS) is 9.69. The largest absolute Gasteiger partial charge is 0.350 e. The van der Waals surface area contributed by atoms with E-state index in [9.17, 15) is 4.79 Å². The molecule has 0 aliphatic carbocycles. The summed E-state index contributed by atoms with van der Waals surface area (Å²) in [6, 6.07) is 4.92. The predicted molar refractivity (Wildman–Crippen MR) is 55.4 cm³/mol. The highest BCUT2D eigenvalue weighted by Crippen LogP contribution is 2.04. The number of amides is 1. The Kier molecular flexibility index (Phi) is 4.05. The molecule has 0 aliphatic rings. The van der Waals surface area contributed by atoms with Gasteiger partial charge in [0.1, 0.15) is 10.8 Å². The second-order valence-corrected chi connectivity index (χ2v) is 3.16. The third kappa shape index (κ3) is 3.24. The molecule has 1 rings (SSSR count). The van der Waals surface area contributed by atoms with E-state index in [-0.39, 0.29) is 5.91 Å². The van der Waals surface area contributed by atoms with Crippen molar-refractivity contribution < 1.29 is 4.79 Å². The summed E-state index contributed by atoms with van der Waals surface area (Å²) in [6.07, 6.45) is 0. The van der Waals surface area contributed by atoms with Gasteiger partial charge >= 0.3 is 0 Å². The highest BCUT2D eigenvalue weighted by Gasteiger charge is 2.05. The molecule has 0 saturated heterocycles. The molecular weight excluding hydrogens is 208 g/mol. The predicted octanol–water partition coefficient (Wildman–Crippen LogP) is 1.39. The van der Waals surface area contributed by atoms with Crippen molar-refractivity contribution in [1.82, 2.24) is 10.3 Å². The van der Waals surface area contributed by atoms with Crippen molar-refractivity contribution in [3.8, 4) is 0 Å². The van der Waals surface area contributed by atoms with E-state index in [0.717, 1.165) is 0 Å². The van der Waals surface area contributed by atoms with Crippen molar-refractivity contribution in [2.75, 3.05) is 12.3 Å². The number of hydrogen-bond acceptors (Lipinski definition) is 3. The fraction of sp³-hybridized carbons (Fsp3) is 0.250. The molecule has 1 aromatic rings. The SMILES string of the molecule is O=C(NCCS)c1cccc(Cl)n1. The van der Waals surface area contributed by atoms with Gasteiger partial charge in [-0.2, -0.15) is 12.6 Å². The molecule has 70 valence electrons. The molecule has 0 saturated carbocycles. The maximum atomic E-state index is 11.3. The summed E-state index contributed by atoms with van der Waals surface area (Å²) in [5, 5.41) is 2.96. The average Bonchev–Trinajstić information content (AvgIpc) is 2.14. The number of rotatable bonds is 3. The molecule has 0 fully saturated rings. The molecule has 1 heterocycles. The van der Waals surface area contributed by atoms with Gasteiger partial charge in [0.2, 0.25) is 0 Å². The minimum atomic E-state index is -0.225. The van der Waals surface area contributed by atoms with Crippen LogP contribution in [0.5, 0.6) is 0 Å². The van der Waals surface area contributed by atoms with E-state index < -0.39 is 0 Å². The van der Waals surface area contributed by atoms with Gasteiger partial charge < -0.3 is 5.32 Å². The topological polar surface area (TPSA) is 42.0 Å². The molecule has 0 spiro atoms. The van der Waals surface area contributed by atoms with Gasteiger partial charge in [-0.25, -0.2) is 4.98 Å². The second-order valence-electron chi connectivity index (χ2n) is 2.33. The fourth-order valence-corrected chi connectivity index (χ4v) is 1.07. The van der Waals surface area contributed by atoms with Crippen LogP contribution in [0.4, 0.5) is 0 Å². The van der Waals surface area contributed by atoms with Crippen LogP contribution in [0.15, 0.2) is 18.2 Å². The monoisotopic (exact) mass is 216 g/mol. The van der Waals surface area contributed by atoms with Crippen molar-refractivity contribution in [3.05, 3.63) is 29.0 Å². The Morgan fingerprint density at radius 1 is 1.62 bits per heavy atom. The van der Waals surface area contributed by atoms with Crippen LogP contribution in [-0.4, -0.2) is 23.2 Å². The van der Waals surface area contributed by atoms with Crippen molar-refractivity contribution in [1.29, 1.82) is 0 Å². The Morgan fingerprint density at radius 2 is 2.38 bits per heavy atom. The summed E-state index contributed by atoms with van der Waals surface area (Å²) in [4.78, 5) is 15.1. The van der Waals surface area contributed by atoms with Crippen molar-refractivity contribution >= 4 is 30.1 Å². The third-order valence-corrected chi connectivity index (χ3v) is 1.78. The number of carbonyl (C=O) groups excluding carboxylic acids is 1. The van der Waals surface area contributed by atoms with Gasteiger partial charge in [0.05, 0.1) is 0 Å². The summed E-state index contributed by atoms with van der Waals surface area (Å²) in [6.45, 7) is 0.524. The van der Waals surface area contributed by atoms with Crippen LogP contribution in [0.2, 0.25) is 5.15 Å². The molecule has 1 amide bonds. The van der Waals surface area contributed by atoms with E-state index in [2.05, 4.69) is 22.9 Å². The maximum Gasteiger partial charge on any atom is 0.269 e. The van der Waals surface area contributed by atoms with Crippen LogP contribution in [-0.2, 0) is 0 Å². The number of pyridine rings is 1. The lowest BCUT2D eigenvalue weighted by atomic mass is 10.3. The molecule has 0 atom stereocenters. The molecule has 0 aromatic carbocycles. The fourth-order valence-electron chi connectivity index (χ4n) is 0.795. The molecule has 1 aromatic heterocycles. The van der Waals surface area contributed by atoms with E-state index in [1.54, 1.807) is 18.2 Å². The molecule has 1 N–H and O–H groups in total. The Labute approximate surface area is 86.9 Å². The smallest absolute Gasteiger partial charge is 0.269 e. The molecule has 13 heavy (non-hydrogen) atoms. The van der Waals surface area contributed by atoms with Gasteiger partial charge in [0, 0.05) is 12.3 Å². The summed E-state index contributed by atoms with van der Waals surface area (Å²) < 4.78 is 0. The zero-order chi connectivity index (χ0) is 9.68. The van der Waals surface area contributed by atoms with E-state index in [1.165, 1.54) is 0 Å². The molecule has 0 aliphatic heterocycles. The van der Waals surface area contributed by atoms with Crippen LogP contribution in [0.25, 0.3) is 0 Å². The zero-order valence-electron chi connectivity index (χ0n) is 6.83. The van der Waals surface area contributed by atoms with Gasteiger partial charge in [-0.3, -0.25) is 4.79 Å². The van der Waals surface area contributed by atoms with Crippen LogP contribution < -0.4 is 5.32 Å². The molecule has 3 nitrogen and oxygen atoms in total. The van der Waals surface area contributed by atoms with Crippen LogP contribution in [0.1, 0.15) is 10.5 Å². The Bertz CT molecular complexity index is 306. The lowest BCUT2D eigenvalue weighted by molar-refractivity contribution is 0.0951. The van der Waals surface area contributed by atoms with Gasteiger partial charge in [-0.15, -0.1) is 0 Å². The first-order valence-corrected chi connectivity index (χ1v) is 4.76. The first-order valence-electron chi connectivity index (χ1n) is 3.75. The Hall–Kier alpha value is -0.740. The first-order chi connectivity index (χ1) is 6.24. The van der Waals surface area contributed by atoms with Crippen LogP contribution in [0.3, 0.4) is 0 Å². The minimum absolute atomic E-state index is 0.225. The highest BCUT2D eigenvalue weighted by atomic mass is 35.5. The van der Waals surface area contributed by atoms with Crippen molar-refractivity contribution in [2.45, 2.75) is 0 Å². The lowest BCUT2D eigenvalue weighted by Crippen LogP contribution is -2.26. The molecule has 5 heteroatoms. The van der Waals surface area contributed by atoms with Crippen molar-refractivity contribution in [3.63, 3.8) is 0 Å². The maximum absolute atomic E-state index is 11.3. The number of halogens is 1. The number of nitrogens with one attached hydrogen (secondary N) is 1. The van der Waals surface area contributed by atoms with E-state index in [1.807, 2.05) is 0 Å². The molecule has 0 bridgehead atoms. The van der Waals surface area contributed by atoms with Gasteiger partial charge in [-0.1, -0.05) is 17.7 Å². The molecule has 0 unspecified atom stereocenters. The summed E-state index contributed by atoms with van der Waals surface area (Å²) in [5.41, 5.74) is 0.328. The number of carbonyl (C=O) groups is 1. The van der Waals surface area contributed by atoms with Gasteiger partial charge in [0.15, 0.2) is 0 Å². The first kappa shape index (κ1) is 10.3. The molecular formula is C8H9ClN2OS. The molecule has 0 radical (unpaired) electrons. The summed E-state index contributed by atoms with van der Waals surface area (Å²) in [7, 11) is 0. The standard InChI is InChI=1S/C8H9ClN2OS/c9-7-3-1-2-6(11-7)8(12)10-4-5-13/h1-3,13H,4-5H2,(H,10,12). The van der Waals surface area contributed by atoms with E-state index in [4.69, 9.17) is 11.6 Å². The number of nitrogens with zero attached hydrogens (tertiary/aromatic N) is 1. The van der Waals surface area contributed by atoms with Crippen molar-refractivity contribution in [2.24, 2.45) is 0 Å². The number of hydrogen-bond donors (Lipinski definition) is 2. The lowest BCUT2D eigenvalue weighted by Gasteiger charge is -2.01. The zero-order valence-corrected chi connectivity index (χ0v) is 8.48. The van der Waals surface area contributed by atoms with Crippen LogP contribution >= 0.6 is 24.2 Å². The minimum Gasteiger partial charge on any atom is -0.350 e.